The molecule has 1 aromatic heterocycles. The van der Waals surface area contributed by atoms with Gasteiger partial charge in [-0.15, -0.1) is 11.6 Å². The molecule has 0 aromatic carbocycles. The average Bonchev–Trinajstić information content (AvgIpc) is 3.18. The number of halogens is 1. The predicted octanol–water partition coefficient (Wildman–Crippen LogP) is 2.08. The number of epoxide rings is 1. The van der Waals surface area contributed by atoms with E-state index in [1.807, 2.05) is 0 Å². The van der Waals surface area contributed by atoms with Gasteiger partial charge in [-0.25, -0.2) is 4.79 Å². The first kappa shape index (κ1) is 19.6. The van der Waals surface area contributed by atoms with Crippen LogP contribution in [-0.4, -0.2) is 51.8 Å². The van der Waals surface area contributed by atoms with Gasteiger partial charge in [-0.2, -0.15) is 0 Å². The lowest BCUT2D eigenvalue weighted by Crippen LogP contribution is -2.38. The molecule has 6 unspecified atom stereocenters. The van der Waals surface area contributed by atoms with E-state index >= 15 is 0 Å². The number of aliphatic hydroxyl groups excluding tert-OH is 1. The van der Waals surface area contributed by atoms with Crippen LogP contribution in [0.3, 0.4) is 0 Å². The number of furan rings is 1. The first-order valence-electron chi connectivity index (χ1n) is 9.32. The molecule has 8 heteroatoms. The number of ether oxygens (including phenoxy) is 2. The molecule has 2 fully saturated rings. The Labute approximate surface area is 167 Å². The molecule has 7 nitrogen and oxygen atoms in total. The number of aldehydes is 1. The van der Waals surface area contributed by atoms with Crippen molar-refractivity contribution in [2.45, 2.75) is 62.1 Å². The molecule has 0 amide bonds. The summed E-state index contributed by atoms with van der Waals surface area (Å²) < 4.78 is 16.9. The molecule has 3 aliphatic rings. The van der Waals surface area contributed by atoms with Crippen LogP contribution >= 0.6 is 11.6 Å². The predicted molar refractivity (Wildman–Crippen MR) is 98.1 cm³/mol. The van der Waals surface area contributed by atoms with Crippen LogP contribution in [0.15, 0.2) is 22.6 Å². The van der Waals surface area contributed by atoms with E-state index in [4.69, 9.17) is 25.5 Å². The van der Waals surface area contributed by atoms with Gasteiger partial charge in [-0.3, -0.25) is 4.79 Å². The fourth-order valence-electron chi connectivity index (χ4n) is 4.34. The largest absolute Gasteiger partial charge is 0.462 e. The number of hydrogen-bond donors (Lipinski definition) is 2. The van der Waals surface area contributed by atoms with Crippen LogP contribution in [0.5, 0.6) is 0 Å². The number of fused-ring (bicyclic) bond motifs is 2. The van der Waals surface area contributed by atoms with Crippen LogP contribution < -0.4 is 0 Å². The Morgan fingerprint density at radius 3 is 2.89 bits per heavy atom. The van der Waals surface area contributed by atoms with Crippen molar-refractivity contribution in [1.29, 1.82) is 0 Å². The topological polar surface area (TPSA) is 110 Å². The summed E-state index contributed by atoms with van der Waals surface area (Å²) in [5, 5.41) is 21.5. The molecule has 6 atom stereocenters. The summed E-state index contributed by atoms with van der Waals surface area (Å²) >= 11 is 5.99. The first-order chi connectivity index (χ1) is 13.2. The normalized spacial score (nSPS) is 39.8. The number of alkyl halides is 1. The van der Waals surface area contributed by atoms with E-state index in [1.165, 1.54) is 13.0 Å². The highest BCUT2D eigenvalue weighted by Crippen LogP contribution is 2.53. The smallest absolute Gasteiger partial charge is 0.341 e. The number of rotatable bonds is 3. The van der Waals surface area contributed by atoms with Crippen molar-refractivity contribution in [3.63, 3.8) is 0 Å². The standard InChI is InChI=1S/C20H23ClO7/c1-10(8-21)11-3-4-20-17(28-20)15(27-18(20)24)7-19(2,25)16(23)14-6-12(9-22)13(5-11)26-14/h6,9,11,15-17,23,25H,1,3-5,7-8H2,2H3. The van der Waals surface area contributed by atoms with E-state index in [2.05, 4.69) is 6.58 Å². The molecule has 152 valence electrons. The van der Waals surface area contributed by atoms with Crippen LogP contribution in [0.25, 0.3) is 0 Å². The van der Waals surface area contributed by atoms with Gasteiger partial charge in [-0.05, 0) is 31.7 Å². The minimum Gasteiger partial charge on any atom is -0.462 e. The van der Waals surface area contributed by atoms with Crippen LogP contribution in [0.2, 0.25) is 0 Å². The molecule has 4 rings (SSSR count). The van der Waals surface area contributed by atoms with Crippen molar-refractivity contribution < 1.29 is 33.7 Å². The van der Waals surface area contributed by atoms with Gasteiger partial charge in [0, 0.05) is 18.7 Å². The summed E-state index contributed by atoms with van der Waals surface area (Å²) in [5.74, 6) is 0.139. The van der Waals surface area contributed by atoms with E-state index in [9.17, 15) is 19.8 Å². The van der Waals surface area contributed by atoms with E-state index < -0.39 is 35.5 Å². The molecule has 4 bridgehead atoms. The number of aliphatic hydroxyl groups is 2. The highest BCUT2D eigenvalue weighted by atomic mass is 35.5. The summed E-state index contributed by atoms with van der Waals surface area (Å²) in [5.41, 5.74) is -1.58. The Kier molecular flexibility index (Phi) is 4.69. The van der Waals surface area contributed by atoms with E-state index in [-0.39, 0.29) is 24.0 Å². The molecule has 1 aromatic rings. The second-order valence-electron chi connectivity index (χ2n) is 8.21. The number of carbonyl (C=O) groups is 2. The Bertz CT molecular complexity index is 829. The minimum absolute atomic E-state index is 0.0173. The molecule has 0 saturated carbocycles. The number of hydrogen-bond acceptors (Lipinski definition) is 7. The molecular formula is C20H23ClO7. The van der Waals surface area contributed by atoms with Crippen molar-refractivity contribution in [1.82, 2.24) is 0 Å². The Morgan fingerprint density at radius 2 is 2.25 bits per heavy atom. The van der Waals surface area contributed by atoms with Gasteiger partial charge >= 0.3 is 5.97 Å². The van der Waals surface area contributed by atoms with Gasteiger partial charge in [0.2, 0.25) is 0 Å². The van der Waals surface area contributed by atoms with Gasteiger partial charge in [-0.1, -0.05) is 12.2 Å². The summed E-state index contributed by atoms with van der Waals surface area (Å²) in [6.07, 6.45) is -0.550. The zero-order valence-corrected chi connectivity index (χ0v) is 16.3. The third-order valence-corrected chi connectivity index (χ3v) is 6.53. The van der Waals surface area contributed by atoms with Crippen molar-refractivity contribution >= 4 is 23.9 Å². The molecule has 0 radical (unpaired) electrons. The fraction of sp³-hybridized carbons (Fsp3) is 0.600. The molecule has 0 spiro atoms. The van der Waals surface area contributed by atoms with E-state index in [1.54, 1.807) is 0 Å². The lowest BCUT2D eigenvalue weighted by Gasteiger charge is -2.30. The van der Waals surface area contributed by atoms with Crippen LogP contribution in [0, 0.1) is 5.92 Å². The van der Waals surface area contributed by atoms with Gasteiger partial charge in [0.15, 0.2) is 11.9 Å². The monoisotopic (exact) mass is 410 g/mol. The average molecular weight is 411 g/mol. The van der Waals surface area contributed by atoms with Crippen molar-refractivity contribution in [3.8, 4) is 0 Å². The molecular weight excluding hydrogens is 388 g/mol. The third-order valence-electron chi connectivity index (χ3n) is 6.19. The SMILES string of the molecule is C=C(CCl)C1CCC23OC2C(CC(C)(O)C(O)c2cc(C=O)c(o2)C1)OC3=O. The number of carbonyl (C=O) groups excluding carboxylic acids is 2. The van der Waals surface area contributed by atoms with E-state index in [0.29, 0.717) is 36.9 Å². The number of allylic oxidation sites excluding steroid dienone is 1. The van der Waals surface area contributed by atoms with E-state index in [0.717, 1.165) is 5.57 Å². The quantitative estimate of drug-likeness (QED) is 0.258. The van der Waals surface area contributed by atoms with Gasteiger partial charge < -0.3 is 24.1 Å². The van der Waals surface area contributed by atoms with Crippen molar-refractivity contribution in [3.05, 3.63) is 35.3 Å². The Hall–Kier alpha value is -1.67. The first-order valence-corrected chi connectivity index (χ1v) is 9.86. The van der Waals surface area contributed by atoms with Gasteiger partial charge in [0.25, 0.3) is 0 Å². The fourth-order valence-corrected chi connectivity index (χ4v) is 4.56. The maximum atomic E-state index is 12.4. The summed E-state index contributed by atoms with van der Waals surface area (Å²) in [6.45, 7) is 5.45. The lowest BCUT2D eigenvalue weighted by atomic mass is 9.84. The van der Waals surface area contributed by atoms with Crippen molar-refractivity contribution in [2.75, 3.05) is 5.88 Å². The highest BCUT2D eigenvalue weighted by molar-refractivity contribution is 6.19. The maximum Gasteiger partial charge on any atom is 0.341 e. The van der Waals surface area contributed by atoms with Crippen LogP contribution in [0.1, 0.15) is 54.2 Å². The molecule has 4 heterocycles. The summed E-state index contributed by atoms with van der Waals surface area (Å²) in [7, 11) is 0. The molecule has 28 heavy (non-hydrogen) atoms. The molecule has 3 aliphatic heterocycles. The third kappa shape index (κ3) is 3.01. The zero-order chi connectivity index (χ0) is 20.3. The Morgan fingerprint density at radius 1 is 1.50 bits per heavy atom. The lowest BCUT2D eigenvalue weighted by molar-refractivity contribution is -0.160. The minimum atomic E-state index is -1.64. The summed E-state index contributed by atoms with van der Waals surface area (Å²) in [4.78, 5) is 23.9. The zero-order valence-electron chi connectivity index (χ0n) is 15.5. The van der Waals surface area contributed by atoms with Crippen LogP contribution in [-0.2, 0) is 20.7 Å². The maximum absolute atomic E-state index is 12.4. The molecule has 2 saturated heterocycles. The molecule has 2 N–H and O–H groups in total. The highest BCUT2D eigenvalue weighted by Gasteiger charge is 2.73. The second-order valence-corrected chi connectivity index (χ2v) is 8.48. The Balaban J connectivity index is 1.74. The second kappa shape index (κ2) is 6.69. The van der Waals surface area contributed by atoms with Crippen molar-refractivity contribution in [2.24, 2.45) is 5.92 Å². The van der Waals surface area contributed by atoms with Gasteiger partial charge in [0.05, 0.1) is 11.2 Å². The number of esters is 1. The molecule has 0 aliphatic carbocycles. The summed E-state index contributed by atoms with van der Waals surface area (Å²) in [6, 6.07) is 1.44. The van der Waals surface area contributed by atoms with Gasteiger partial charge in [0.1, 0.15) is 29.8 Å². The van der Waals surface area contributed by atoms with Crippen LogP contribution in [0.4, 0.5) is 0 Å².